The fraction of sp³-hybridized carbons (Fsp3) is 0.444. The van der Waals surface area contributed by atoms with Crippen LogP contribution in [0.5, 0.6) is 11.6 Å². The van der Waals surface area contributed by atoms with Crippen LogP contribution in [-0.4, -0.2) is 49.3 Å². The van der Waals surface area contributed by atoms with Crippen LogP contribution in [0.25, 0.3) is 10.9 Å². The number of pyridine rings is 1. The van der Waals surface area contributed by atoms with Gasteiger partial charge in [-0.1, -0.05) is 0 Å². The Labute approximate surface area is 141 Å². The van der Waals surface area contributed by atoms with E-state index >= 15 is 0 Å². The molecule has 0 saturated heterocycles. The summed E-state index contributed by atoms with van der Waals surface area (Å²) in [5, 5.41) is 0.973. The Morgan fingerprint density at radius 3 is 3.00 bits per heavy atom. The number of aromatic nitrogens is 1. The van der Waals surface area contributed by atoms with Gasteiger partial charge in [-0.15, -0.1) is 0 Å². The molecule has 0 aliphatic carbocycles. The quantitative estimate of drug-likeness (QED) is 0.761. The highest BCUT2D eigenvalue weighted by molar-refractivity contribution is 5.83. The molecule has 0 saturated carbocycles. The van der Waals surface area contributed by atoms with Crippen LogP contribution < -0.4 is 9.47 Å². The molecule has 3 rings (SSSR count). The Bertz CT molecular complexity index is 732. The lowest BCUT2D eigenvalue weighted by atomic mass is 10.1. The molecule has 1 aromatic carbocycles. The van der Waals surface area contributed by atoms with Crippen molar-refractivity contribution in [2.45, 2.75) is 19.9 Å². The van der Waals surface area contributed by atoms with E-state index in [9.17, 15) is 4.79 Å². The first-order valence-corrected chi connectivity index (χ1v) is 8.17. The van der Waals surface area contributed by atoms with Crippen LogP contribution in [0.2, 0.25) is 0 Å². The van der Waals surface area contributed by atoms with Crippen LogP contribution >= 0.6 is 0 Å². The summed E-state index contributed by atoms with van der Waals surface area (Å²) < 4.78 is 16.2. The van der Waals surface area contributed by atoms with Crippen LogP contribution in [0.4, 0.5) is 0 Å². The van der Waals surface area contributed by atoms with Gasteiger partial charge in [0.2, 0.25) is 5.88 Å². The van der Waals surface area contributed by atoms with Crippen molar-refractivity contribution in [3.63, 3.8) is 0 Å². The van der Waals surface area contributed by atoms with Gasteiger partial charge in [0.1, 0.15) is 5.75 Å². The summed E-state index contributed by atoms with van der Waals surface area (Å²) >= 11 is 0. The molecule has 0 spiro atoms. The molecule has 0 radical (unpaired) electrons. The van der Waals surface area contributed by atoms with Gasteiger partial charge in [0.05, 0.1) is 19.2 Å². The number of ether oxygens (including phenoxy) is 3. The fourth-order valence-corrected chi connectivity index (χ4v) is 2.77. The first-order chi connectivity index (χ1) is 11.7. The Morgan fingerprint density at radius 1 is 1.33 bits per heavy atom. The van der Waals surface area contributed by atoms with Gasteiger partial charge in [-0.05, 0) is 37.6 Å². The molecule has 1 aliphatic heterocycles. The van der Waals surface area contributed by atoms with Crippen molar-refractivity contribution in [1.29, 1.82) is 0 Å². The smallest absolute Gasteiger partial charge is 0.260 e. The second-order valence-corrected chi connectivity index (χ2v) is 5.67. The molecular weight excluding hydrogens is 308 g/mol. The normalized spacial score (nSPS) is 14.2. The summed E-state index contributed by atoms with van der Waals surface area (Å²) in [4.78, 5) is 18.6. The maximum absolute atomic E-state index is 12.3. The highest BCUT2D eigenvalue weighted by atomic mass is 16.5. The van der Waals surface area contributed by atoms with Crippen molar-refractivity contribution in [2.75, 3.05) is 33.5 Å². The molecule has 6 nitrogen and oxygen atoms in total. The van der Waals surface area contributed by atoms with E-state index in [0.717, 1.165) is 28.6 Å². The number of amides is 1. The molecule has 1 amide bonds. The fourth-order valence-electron chi connectivity index (χ4n) is 2.77. The number of hydrogen-bond donors (Lipinski definition) is 0. The van der Waals surface area contributed by atoms with Crippen LogP contribution in [0.1, 0.15) is 18.9 Å². The SMILES string of the molecule is CCOCCCN1Cc2cc3cc(OC)ccc3nc2OCC1=O. The van der Waals surface area contributed by atoms with Crippen molar-refractivity contribution >= 4 is 16.8 Å². The van der Waals surface area contributed by atoms with E-state index in [1.165, 1.54) is 0 Å². The number of rotatable bonds is 6. The number of fused-ring (bicyclic) bond motifs is 2. The Morgan fingerprint density at radius 2 is 2.21 bits per heavy atom. The Hall–Kier alpha value is -2.34. The number of benzene rings is 1. The zero-order valence-corrected chi connectivity index (χ0v) is 14.1. The van der Waals surface area contributed by atoms with Crippen molar-refractivity contribution < 1.29 is 19.0 Å². The van der Waals surface area contributed by atoms with Gasteiger partial charge >= 0.3 is 0 Å². The van der Waals surface area contributed by atoms with Gasteiger partial charge in [0.25, 0.3) is 5.91 Å². The minimum Gasteiger partial charge on any atom is -0.497 e. The minimum atomic E-state index is -0.0221. The van der Waals surface area contributed by atoms with E-state index < -0.39 is 0 Å². The number of carbonyl (C=O) groups excluding carboxylic acids is 1. The second-order valence-electron chi connectivity index (χ2n) is 5.67. The van der Waals surface area contributed by atoms with E-state index in [0.29, 0.717) is 32.2 Å². The predicted molar refractivity (Wildman–Crippen MR) is 90.3 cm³/mol. The number of methoxy groups -OCH3 is 1. The maximum Gasteiger partial charge on any atom is 0.260 e. The Kier molecular flexibility index (Phi) is 5.15. The molecule has 1 aromatic heterocycles. The molecular formula is C18H22N2O4. The maximum atomic E-state index is 12.3. The van der Waals surface area contributed by atoms with Crippen LogP contribution in [0.3, 0.4) is 0 Å². The number of hydrogen-bond acceptors (Lipinski definition) is 5. The van der Waals surface area contributed by atoms with E-state index in [1.807, 2.05) is 31.2 Å². The van der Waals surface area contributed by atoms with Gasteiger partial charge < -0.3 is 19.1 Å². The minimum absolute atomic E-state index is 0.0221. The molecule has 24 heavy (non-hydrogen) atoms. The molecule has 2 aromatic rings. The molecule has 128 valence electrons. The van der Waals surface area contributed by atoms with Crippen molar-refractivity contribution in [2.24, 2.45) is 0 Å². The average molecular weight is 330 g/mol. The van der Waals surface area contributed by atoms with E-state index in [4.69, 9.17) is 14.2 Å². The lowest BCUT2D eigenvalue weighted by Gasteiger charge is -2.19. The molecule has 0 atom stereocenters. The van der Waals surface area contributed by atoms with Crippen LogP contribution in [0.15, 0.2) is 24.3 Å². The average Bonchev–Trinajstić information content (AvgIpc) is 2.75. The van der Waals surface area contributed by atoms with Gasteiger partial charge in [-0.25, -0.2) is 4.98 Å². The lowest BCUT2D eigenvalue weighted by molar-refractivity contribution is -0.133. The van der Waals surface area contributed by atoms with Crippen LogP contribution in [-0.2, 0) is 16.1 Å². The third-order valence-electron chi connectivity index (χ3n) is 4.03. The van der Waals surface area contributed by atoms with E-state index in [-0.39, 0.29) is 12.5 Å². The summed E-state index contributed by atoms with van der Waals surface area (Å²) in [5.41, 5.74) is 1.74. The van der Waals surface area contributed by atoms with E-state index in [1.54, 1.807) is 12.0 Å². The monoisotopic (exact) mass is 330 g/mol. The summed E-state index contributed by atoms with van der Waals surface area (Å²) in [6, 6.07) is 7.72. The van der Waals surface area contributed by atoms with Crippen LogP contribution in [0, 0.1) is 0 Å². The van der Waals surface area contributed by atoms with Crippen molar-refractivity contribution in [1.82, 2.24) is 9.88 Å². The molecule has 2 heterocycles. The van der Waals surface area contributed by atoms with Gasteiger partial charge in [-0.2, -0.15) is 0 Å². The molecule has 1 aliphatic rings. The zero-order valence-electron chi connectivity index (χ0n) is 14.1. The third kappa shape index (κ3) is 3.59. The van der Waals surface area contributed by atoms with E-state index in [2.05, 4.69) is 4.98 Å². The van der Waals surface area contributed by atoms with Crippen molar-refractivity contribution in [3.8, 4) is 11.6 Å². The van der Waals surface area contributed by atoms with Gasteiger partial charge in [0, 0.05) is 30.7 Å². The molecule has 0 N–H and O–H groups in total. The zero-order chi connectivity index (χ0) is 16.9. The number of carbonyl (C=O) groups is 1. The summed E-state index contributed by atoms with van der Waals surface area (Å²) in [6.45, 7) is 4.49. The van der Waals surface area contributed by atoms with Crippen molar-refractivity contribution in [3.05, 3.63) is 29.8 Å². The third-order valence-corrected chi connectivity index (χ3v) is 4.03. The topological polar surface area (TPSA) is 60.9 Å². The highest BCUT2D eigenvalue weighted by Crippen LogP contribution is 2.28. The summed E-state index contributed by atoms with van der Waals surface area (Å²) in [6.07, 6.45) is 0.809. The lowest BCUT2D eigenvalue weighted by Crippen LogP contribution is -2.33. The summed E-state index contributed by atoms with van der Waals surface area (Å²) in [7, 11) is 1.64. The first kappa shape index (κ1) is 16.5. The Balaban J connectivity index is 1.83. The van der Waals surface area contributed by atoms with Gasteiger partial charge in [0.15, 0.2) is 6.61 Å². The standard InChI is InChI=1S/C18H22N2O4/c1-3-23-8-4-7-20-11-14-9-13-10-15(22-2)5-6-16(13)19-18(14)24-12-17(20)21/h5-6,9-10H,3-4,7-8,11-12H2,1-2H3. The molecule has 0 bridgehead atoms. The second kappa shape index (κ2) is 7.49. The van der Waals surface area contributed by atoms with Gasteiger partial charge in [-0.3, -0.25) is 4.79 Å². The summed E-state index contributed by atoms with van der Waals surface area (Å²) in [5.74, 6) is 1.29. The molecule has 0 unspecified atom stereocenters. The predicted octanol–water partition coefficient (Wildman–Crippen LogP) is 2.39. The molecule has 0 fully saturated rings. The largest absolute Gasteiger partial charge is 0.497 e. The first-order valence-electron chi connectivity index (χ1n) is 8.17. The number of nitrogens with zero attached hydrogens (tertiary/aromatic N) is 2. The molecule has 6 heteroatoms. The highest BCUT2D eigenvalue weighted by Gasteiger charge is 2.22.